The average Bonchev–Trinajstić information content (AvgIpc) is 2.32. The Labute approximate surface area is 85.9 Å². The second-order valence-electron chi connectivity index (χ2n) is 4.85. The Bertz CT molecular complexity index is 241. The summed E-state index contributed by atoms with van der Waals surface area (Å²) in [4.78, 5) is 2.68. The Morgan fingerprint density at radius 3 is 2.64 bits per heavy atom. The van der Waals surface area contributed by atoms with Crippen LogP contribution >= 0.6 is 0 Å². The third-order valence-corrected chi connectivity index (χ3v) is 4.02. The molecule has 0 N–H and O–H groups in total. The number of rotatable bonds is 1. The molecule has 0 aromatic heterocycles. The molecule has 0 aromatic carbocycles. The van der Waals surface area contributed by atoms with Gasteiger partial charge in [0.05, 0.1) is 13.2 Å². The van der Waals surface area contributed by atoms with Crippen LogP contribution in [0.5, 0.6) is 0 Å². The van der Waals surface area contributed by atoms with E-state index in [9.17, 15) is 0 Å². The van der Waals surface area contributed by atoms with Crippen LogP contribution in [0.1, 0.15) is 32.1 Å². The van der Waals surface area contributed by atoms with Gasteiger partial charge < -0.3 is 9.64 Å². The van der Waals surface area contributed by atoms with E-state index in [2.05, 4.69) is 11.0 Å². The Balaban J connectivity index is 1.75. The molecule has 4 rings (SSSR count). The molecule has 0 spiro atoms. The van der Waals surface area contributed by atoms with Gasteiger partial charge in [-0.2, -0.15) is 0 Å². The molecule has 1 saturated carbocycles. The molecule has 2 nitrogen and oxygen atoms in total. The van der Waals surface area contributed by atoms with E-state index in [1.54, 1.807) is 5.70 Å². The minimum atomic E-state index is 0.837. The molecule has 0 radical (unpaired) electrons. The van der Waals surface area contributed by atoms with E-state index in [0.717, 1.165) is 31.6 Å². The van der Waals surface area contributed by atoms with Crippen molar-refractivity contribution in [2.45, 2.75) is 38.1 Å². The molecule has 0 unspecified atom stereocenters. The number of fused-ring (bicyclic) bond motifs is 3. The summed E-state index contributed by atoms with van der Waals surface area (Å²) >= 11 is 0. The highest BCUT2D eigenvalue weighted by molar-refractivity contribution is 5.08. The Morgan fingerprint density at radius 1 is 1.21 bits per heavy atom. The van der Waals surface area contributed by atoms with E-state index in [1.165, 1.54) is 32.2 Å². The monoisotopic (exact) mass is 193 g/mol. The standard InChI is InChI=1S/C12H19NO/c1-3-11-4-2-10(1)9-13(11)12-5-7-14-8-6-12/h5,10-11H,1-4,6-9H2. The molecule has 0 aromatic rings. The van der Waals surface area contributed by atoms with Crippen molar-refractivity contribution in [3.05, 3.63) is 11.8 Å². The highest BCUT2D eigenvalue weighted by Crippen LogP contribution is 2.37. The summed E-state index contributed by atoms with van der Waals surface area (Å²) in [7, 11) is 0. The van der Waals surface area contributed by atoms with Crippen LogP contribution in [-0.2, 0) is 4.74 Å². The summed E-state index contributed by atoms with van der Waals surface area (Å²) in [5.41, 5.74) is 1.57. The van der Waals surface area contributed by atoms with Gasteiger partial charge >= 0.3 is 0 Å². The Hall–Kier alpha value is -0.500. The maximum atomic E-state index is 5.37. The fraction of sp³-hybridized carbons (Fsp3) is 0.833. The van der Waals surface area contributed by atoms with Crippen LogP contribution in [0.25, 0.3) is 0 Å². The summed E-state index contributed by atoms with van der Waals surface area (Å²) < 4.78 is 5.37. The molecular weight excluding hydrogens is 174 g/mol. The first-order valence-corrected chi connectivity index (χ1v) is 5.97. The molecule has 0 atom stereocenters. The molecule has 1 aliphatic carbocycles. The van der Waals surface area contributed by atoms with E-state index in [-0.39, 0.29) is 0 Å². The first-order valence-electron chi connectivity index (χ1n) is 5.97. The number of piperidine rings is 2. The third kappa shape index (κ3) is 1.46. The van der Waals surface area contributed by atoms with Gasteiger partial charge in [0, 0.05) is 24.7 Å². The first kappa shape index (κ1) is 8.78. The molecule has 2 heteroatoms. The van der Waals surface area contributed by atoms with Gasteiger partial charge in [-0.15, -0.1) is 0 Å². The molecule has 4 aliphatic rings. The van der Waals surface area contributed by atoms with E-state index < -0.39 is 0 Å². The van der Waals surface area contributed by atoms with Gasteiger partial charge in [-0.25, -0.2) is 0 Å². The minimum absolute atomic E-state index is 0.837. The normalized spacial score (nSPS) is 37.1. The molecule has 0 amide bonds. The number of nitrogens with zero attached hydrogens (tertiary/aromatic N) is 1. The third-order valence-electron chi connectivity index (χ3n) is 4.02. The smallest absolute Gasteiger partial charge is 0.0667 e. The topological polar surface area (TPSA) is 12.5 Å². The minimum Gasteiger partial charge on any atom is -0.377 e. The zero-order valence-electron chi connectivity index (χ0n) is 8.74. The lowest BCUT2D eigenvalue weighted by molar-refractivity contribution is 0.0601. The highest BCUT2D eigenvalue weighted by atomic mass is 16.5. The van der Waals surface area contributed by atoms with Crippen molar-refractivity contribution < 1.29 is 4.74 Å². The highest BCUT2D eigenvalue weighted by Gasteiger charge is 2.34. The SMILES string of the molecule is C1=C(N2CC3CCC2CC3)CCOC1. The van der Waals surface area contributed by atoms with Gasteiger partial charge in [-0.1, -0.05) is 0 Å². The summed E-state index contributed by atoms with van der Waals surface area (Å²) in [6, 6.07) is 0.865. The lowest BCUT2D eigenvalue weighted by Gasteiger charge is -2.48. The van der Waals surface area contributed by atoms with E-state index in [1.807, 2.05) is 0 Å². The van der Waals surface area contributed by atoms with Gasteiger partial charge in [0.1, 0.15) is 0 Å². The predicted octanol–water partition coefficient (Wildman–Crippen LogP) is 2.17. The van der Waals surface area contributed by atoms with Crippen molar-refractivity contribution in [1.29, 1.82) is 0 Å². The molecule has 78 valence electrons. The second-order valence-corrected chi connectivity index (χ2v) is 4.85. The molecule has 2 saturated heterocycles. The Kier molecular flexibility index (Phi) is 2.24. The zero-order valence-corrected chi connectivity index (χ0v) is 8.74. The van der Waals surface area contributed by atoms with Gasteiger partial charge in [0.15, 0.2) is 0 Å². The number of hydrogen-bond acceptors (Lipinski definition) is 2. The molecular formula is C12H19NO. The molecule has 3 heterocycles. The summed E-state index contributed by atoms with van der Waals surface area (Å²) in [5.74, 6) is 0.990. The molecule has 14 heavy (non-hydrogen) atoms. The van der Waals surface area contributed by atoms with E-state index in [0.29, 0.717) is 0 Å². The molecule has 2 bridgehead atoms. The van der Waals surface area contributed by atoms with Crippen LogP contribution in [0, 0.1) is 5.92 Å². The number of ether oxygens (including phenoxy) is 1. The fourth-order valence-electron chi connectivity index (χ4n) is 3.20. The summed E-state index contributed by atoms with van der Waals surface area (Å²) in [6.45, 7) is 3.10. The van der Waals surface area contributed by atoms with Crippen molar-refractivity contribution in [2.75, 3.05) is 19.8 Å². The Morgan fingerprint density at radius 2 is 2.07 bits per heavy atom. The first-order chi connectivity index (χ1) is 6.93. The zero-order chi connectivity index (χ0) is 9.38. The quantitative estimate of drug-likeness (QED) is 0.633. The molecule has 3 aliphatic heterocycles. The molecule has 3 fully saturated rings. The maximum Gasteiger partial charge on any atom is 0.0667 e. The summed E-state index contributed by atoms with van der Waals surface area (Å²) in [5, 5.41) is 0. The maximum absolute atomic E-state index is 5.37. The van der Waals surface area contributed by atoms with Crippen molar-refractivity contribution in [2.24, 2.45) is 5.92 Å². The lowest BCUT2D eigenvalue weighted by atomic mass is 9.79. The van der Waals surface area contributed by atoms with Gasteiger partial charge in [0.2, 0.25) is 0 Å². The predicted molar refractivity (Wildman–Crippen MR) is 56.0 cm³/mol. The van der Waals surface area contributed by atoms with Gasteiger partial charge in [-0.05, 0) is 37.7 Å². The van der Waals surface area contributed by atoms with Crippen LogP contribution < -0.4 is 0 Å². The van der Waals surface area contributed by atoms with E-state index in [4.69, 9.17) is 4.74 Å². The second kappa shape index (κ2) is 3.58. The van der Waals surface area contributed by atoms with Crippen molar-refractivity contribution in [3.8, 4) is 0 Å². The van der Waals surface area contributed by atoms with E-state index >= 15 is 0 Å². The van der Waals surface area contributed by atoms with Crippen molar-refractivity contribution in [1.82, 2.24) is 4.90 Å². The summed E-state index contributed by atoms with van der Waals surface area (Å²) in [6.07, 6.45) is 9.26. The fourth-order valence-corrected chi connectivity index (χ4v) is 3.20. The largest absolute Gasteiger partial charge is 0.377 e. The number of hydrogen-bond donors (Lipinski definition) is 0. The van der Waals surface area contributed by atoms with Crippen LogP contribution in [0.4, 0.5) is 0 Å². The van der Waals surface area contributed by atoms with Gasteiger partial charge in [-0.3, -0.25) is 0 Å². The lowest BCUT2D eigenvalue weighted by Crippen LogP contribution is -2.47. The average molecular weight is 193 g/mol. The van der Waals surface area contributed by atoms with Crippen LogP contribution in [0.3, 0.4) is 0 Å². The van der Waals surface area contributed by atoms with Crippen molar-refractivity contribution in [3.63, 3.8) is 0 Å². The van der Waals surface area contributed by atoms with Crippen molar-refractivity contribution >= 4 is 0 Å². The van der Waals surface area contributed by atoms with Crippen LogP contribution in [0.2, 0.25) is 0 Å². The van der Waals surface area contributed by atoms with Gasteiger partial charge in [0.25, 0.3) is 0 Å². The van der Waals surface area contributed by atoms with Crippen LogP contribution in [0.15, 0.2) is 11.8 Å². The van der Waals surface area contributed by atoms with Crippen LogP contribution in [-0.4, -0.2) is 30.7 Å².